The Balaban J connectivity index is 2.04. The van der Waals surface area contributed by atoms with Crippen molar-refractivity contribution in [3.05, 3.63) is 74.5 Å². The van der Waals surface area contributed by atoms with Gasteiger partial charge in [0.1, 0.15) is 4.90 Å². The van der Waals surface area contributed by atoms with Crippen LogP contribution in [0.2, 0.25) is 0 Å². The first kappa shape index (κ1) is 18.5. The number of hydrogen-bond acceptors (Lipinski definition) is 4. The quantitative estimate of drug-likeness (QED) is 0.320. The largest absolute Gasteiger partial charge is 0.354 e. The SMILES string of the molecule is Cc1ccc2c(c1)c(=O)c1cc3[nH]c4cccc(S(=O)(=O)O)c4c(=O)c3cc1n2C. The van der Waals surface area contributed by atoms with Crippen LogP contribution in [0.15, 0.2) is 63.0 Å². The molecule has 150 valence electrons. The van der Waals surface area contributed by atoms with Gasteiger partial charge in [0.05, 0.1) is 27.5 Å². The number of aromatic nitrogens is 2. The minimum absolute atomic E-state index is 0.117. The van der Waals surface area contributed by atoms with E-state index in [4.69, 9.17) is 0 Å². The molecule has 0 saturated carbocycles. The lowest BCUT2D eigenvalue weighted by atomic mass is 10.0. The number of nitrogens with one attached hydrogen (secondary N) is 1. The lowest BCUT2D eigenvalue weighted by Crippen LogP contribution is -2.13. The number of H-pyrrole nitrogens is 1. The second kappa shape index (κ2) is 6.01. The van der Waals surface area contributed by atoms with Gasteiger partial charge < -0.3 is 9.55 Å². The van der Waals surface area contributed by atoms with Crippen molar-refractivity contribution in [3.63, 3.8) is 0 Å². The lowest BCUT2D eigenvalue weighted by molar-refractivity contribution is 0.484. The van der Waals surface area contributed by atoms with E-state index < -0.39 is 20.4 Å². The number of benzene rings is 3. The van der Waals surface area contributed by atoms with Crippen LogP contribution in [-0.4, -0.2) is 22.5 Å². The van der Waals surface area contributed by atoms with E-state index in [1.165, 1.54) is 12.1 Å². The van der Waals surface area contributed by atoms with Crippen molar-refractivity contribution in [1.82, 2.24) is 9.55 Å². The number of hydrogen-bond donors (Lipinski definition) is 2. The van der Waals surface area contributed by atoms with Crippen LogP contribution >= 0.6 is 0 Å². The highest BCUT2D eigenvalue weighted by Crippen LogP contribution is 2.26. The maximum absolute atomic E-state index is 13.2. The first-order valence-electron chi connectivity index (χ1n) is 9.16. The first-order chi connectivity index (χ1) is 14.2. The molecule has 2 N–H and O–H groups in total. The summed E-state index contributed by atoms with van der Waals surface area (Å²) in [5.41, 5.74) is 2.25. The zero-order chi connectivity index (χ0) is 21.4. The molecule has 0 radical (unpaired) electrons. The minimum atomic E-state index is -4.59. The Morgan fingerprint density at radius 3 is 2.33 bits per heavy atom. The van der Waals surface area contributed by atoms with Crippen LogP contribution < -0.4 is 10.9 Å². The van der Waals surface area contributed by atoms with Crippen LogP contribution in [-0.2, 0) is 17.2 Å². The fraction of sp³-hybridized carbons (Fsp3) is 0.0909. The van der Waals surface area contributed by atoms with Crippen molar-refractivity contribution in [2.75, 3.05) is 0 Å². The summed E-state index contributed by atoms with van der Waals surface area (Å²) in [6.07, 6.45) is 0. The fourth-order valence-electron chi connectivity index (χ4n) is 4.10. The zero-order valence-corrected chi connectivity index (χ0v) is 16.9. The van der Waals surface area contributed by atoms with Crippen molar-refractivity contribution >= 4 is 53.7 Å². The predicted octanol–water partition coefficient (Wildman–Crippen LogP) is 3.24. The molecule has 0 amide bonds. The van der Waals surface area contributed by atoms with E-state index in [0.29, 0.717) is 21.8 Å². The third-order valence-corrected chi connectivity index (χ3v) is 6.44. The van der Waals surface area contributed by atoms with Gasteiger partial charge >= 0.3 is 0 Å². The second-order valence-electron chi connectivity index (χ2n) is 7.43. The standard InChI is InChI=1S/C22H16N2O5S/c1-11-6-7-17-13(8-11)21(25)14-9-16-12(10-18(14)24(17)2)22(26)20-15(23-16)4-3-5-19(20)30(27,28)29/h3-10H,1-2H3,(H,23,26)(H,27,28,29). The average molecular weight is 420 g/mol. The van der Waals surface area contributed by atoms with E-state index in [-0.39, 0.29) is 21.7 Å². The third-order valence-electron chi connectivity index (χ3n) is 5.55. The predicted molar refractivity (Wildman–Crippen MR) is 117 cm³/mol. The highest BCUT2D eigenvalue weighted by atomic mass is 32.2. The summed E-state index contributed by atoms with van der Waals surface area (Å²) in [7, 11) is -2.78. The van der Waals surface area contributed by atoms with Crippen LogP contribution in [0.5, 0.6) is 0 Å². The van der Waals surface area contributed by atoms with Crippen molar-refractivity contribution in [2.45, 2.75) is 11.8 Å². The summed E-state index contributed by atoms with van der Waals surface area (Å²) in [6, 6.07) is 13.0. The van der Waals surface area contributed by atoms with Gasteiger partial charge in [0.25, 0.3) is 10.1 Å². The highest BCUT2D eigenvalue weighted by molar-refractivity contribution is 7.86. The fourth-order valence-corrected chi connectivity index (χ4v) is 4.81. The normalized spacial score (nSPS) is 12.4. The average Bonchev–Trinajstić information content (AvgIpc) is 2.70. The van der Waals surface area contributed by atoms with Gasteiger partial charge in [-0.25, -0.2) is 0 Å². The van der Waals surface area contributed by atoms with Gasteiger partial charge in [0.2, 0.25) is 0 Å². The molecule has 5 aromatic rings. The topological polar surface area (TPSA) is 109 Å². The molecule has 7 nitrogen and oxygen atoms in total. The van der Waals surface area contributed by atoms with Crippen LogP contribution in [0, 0.1) is 6.92 Å². The Labute approximate surface area is 169 Å². The molecule has 2 aromatic heterocycles. The van der Waals surface area contributed by atoms with Crippen molar-refractivity contribution in [3.8, 4) is 0 Å². The number of aromatic amines is 1. The van der Waals surface area contributed by atoms with Gasteiger partial charge in [-0.2, -0.15) is 8.42 Å². The van der Waals surface area contributed by atoms with Crippen LogP contribution in [0.4, 0.5) is 0 Å². The molecule has 0 fully saturated rings. The molecule has 0 saturated heterocycles. The lowest BCUT2D eigenvalue weighted by Gasteiger charge is -2.13. The number of aryl methyl sites for hydroxylation is 2. The van der Waals surface area contributed by atoms with Crippen molar-refractivity contribution in [2.24, 2.45) is 7.05 Å². The second-order valence-corrected chi connectivity index (χ2v) is 8.82. The molecule has 0 spiro atoms. The van der Waals surface area contributed by atoms with Gasteiger partial charge in [0.15, 0.2) is 10.9 Å². The molecule has 0 bridgehead atoms. The van der Waals surface area contributed by atoms with E-state index in [2.05, 4.69) is 4.98 Å². The third kappa shape index (κ3) is 2.51. The maximum atomic E-state index is 13.2. The highest BCUT2D eigenvalue weighted by Gasteiger charge is 2.19. The molecule has 0 atom stereocenters. The van der Waals surface area contributed by atoms with Crippen LogP contribution in [0.1, 0.15) is 5.56 Å². The van der Waals surface area contributed by atoms with Gasteiger partial charge in [-0.05, 0) is 43.3 Å². The molecule has 8 heteroatoms. The summed E-state index contributed by atoms with van der Waals surface area (Å²) in [5, 5.41) is 1.14. The summed E-state index contributed by atoms with van der Waals surface area (Å²) in [6.45, 7) is 1.92. The molecular weight excluding hydrogens is 404 g/mol. The van der Waals surface area contributed by atoms with E-state index in [1.54, 1.807) is 18.2 Å². The summed E-state index contributed by atoms with van der Waals surface area (Å²) >= 11 is 0. The van der Waals surface area contributed by atoms with Crippen LogP contribution in [0.3, 0.4) is 0 Å². The number of nitrogens with zero attached hydrogens (tertiary/aromatic N) is 1. The van der Waals surface area contributed by atoms with E-state index in [9.17, 15) is 22.6 Å². The molecule has 0 aliphatic heterocycles. The zero-order valence-electron chi connectivity index (χ0n) is 16.1. The van der Waals surface area contributed by atoms with E-state index in [0.717, 1.165) is 11.1 Å². The molecule has 0 aliphatic carbocycles. The van der Waals surface area contributed by atoms with E-state index in [1.807, 2.05) is 36.7 Å². The van der Waals surface area contributed by atoms with Gasteiger partial charge in [-0.15, -0.1) is 0 Å². The number of rotatable bonds is 1. The summed E-state index contributed by atoms with van der Waals surface area (Å²) in [4.78, 5) is 29.0. The van der Waals surface area contributed by atoms with E-state index >= 15 is 0 Å². The monoisotopic (exact) mass is 420 g/mol. The number of fused-ring (bicyclic) bond motifs is 4. The van der Waals surface area contributed by atoms with Crippen molar-refractivity contribution < 1.29 is 13.0 Å². The Morgan fingerprint density at radius 1 is 0.867 bits per heavy atom. The summed E-state index contributed by atoms with van der Waals surface area (Å²) in [5.74, 6) is 0. The molecule has 3 aromatic carbocycles. The molecular formula is C22H16N2O5S. The molecule has 0 aliphatic rings. The Bertz CT molecular complexity index is 1780. The Hall–Kier alpha value is -3.49. The Morgan fingerprint density at radius 2 is 1.60 bits per heavy atom. The van der Waals surface area contributed by atoms with Gasteiger partial charge in [-0.3, -0.25) is 14.1 Å². The summed E-state index contributed by atoms with van der Waals surface area (Å²) < 4.78 is 34.9. The molecule has 0 unspecified atom stereocenters. The van der Waals surface area contributed by atoms with Gasteiger partial charge in [-0.1, -0.05) is 17.7 Å². The first-order valence-corrected chi connectivity index (χ1v) is 10.6. The number of pyridine rings is 2. The maximum Gasteiger partial charge on any atom is 0.295 e. The minimum Gasteiger partial charge on any atom is -0.354 e. The van der Waals surface area contributed by atoms with Gasteiger partial charge in [0, 0.05) is 23.2 Å². The smallest absolute Gasteiger partial charge is 0.295 e. The molecule has 5 rings (SSSR count). The van der Waals surface area contributed by atoms with Crippen molar-refractivity contribution in [1.29, 1.82) is 0 Å². The molecule has 2 heterocycles. The molecule has 30 heavy (non-hydrogen) atoms. The Kier molecular flexibility index (Phi) is 3.71. The van der Waals surface area contributed by atoms with Crippen LogP contribution in [0.25, 0.3) is 43.6 Å².